The number of hydrogen-bond donors (Lipinski definition) is 2. The molecule has 144 valence electrons. The van der Waals surface area contributed by atoms with Crippen molar-refractivity contribution in [1.29, 1.82) is 0 Å². The molecule has 2 atom stereocenters. The fourth-order valence-corrected chi connectivity index (χ4v) is 3.34. The van der Waals surface area contributed by atoms with Crippen LogP contribution in [0.1, 0.15) is 19.7 Å². The lowest BCUT2D eigenvalue weighted by Crippen LogP contribution is -2.34. The zero-order valence-electron chi connectivity index (χ0n) is 16.0. The molecule has 2 amide bonds. The molecule has 3 aromatic rings. The van der Waals surface area contributed by atoms with Crippen LogP contribution in [0.5, 0.6) is 5.75 Å². The predicted molar refractivity (Wildman–Crippen MR) is 107 cm³/mol. The Morgan fingerprint density at radius 2 is 2.11 bits per heavy atom. The first-order chi connectivity index (χ1) is 13.4. The second-order valence-corrected chi connectivity index (χ2v) is 7.11. The molecule has 1 aliphatic heterocycles. The van der Waals surface area contributed by atoms with Gasteiger partial charge in [0.1, 0.15) is 11.6 Å². The Bertz CT molecular complexity index is 1070. The topological polar surface area (TPSA) is 85.3 Å². The number of aromatic nitrogens is 2. The summed E-state index contributed by atoms with van der Waals surface area (Å²) in [5, 5.41) is 5.71. The van der Waals surface area contributed by atoms with E-state index in [2.05, 4.69) is 20.2 Å². The number of carbonyl (C=O) groups excluding carboxylic acids is 2. The molecule has 7 heteroatoms. The highest BCUT2D eigenvalue weighted by Crippen LogP contribution is 2.32. The molecule has 7 nitrogen and oxygen atoms in total. The van der Waals surface area contributed by atoms with E-state index in [1.54, 1.807) is 25.1 Å². The average molecular weight is 378 g/mol. The Morgan fingerprint density at radius 1 is 1.32 bits per heavy atom. The quantitative estimate of drug-likeness (QED) is 0.729. The van der Waals surface area contributed by atoms with Crippen molar-refractivity contribution in [1.82, 2.24) is 9.55 Å². The molecule has 0 unspecified atom stereocenters. The molecule has 0 saturated heterocycles. The van der Waals surface area contributed by atoms with Gasteiger partial charge in [-0.2, -0.15) is 0 Å². The molecule has 0 radical (unpaired) electrons. The summed E-state index contributed by atoms with van der Waals surface area (Å²) >= 11 is 0. The van der Waals surface area contributed by atoms with Crippen LogP contribution in [0, 0.1) is 12.8 Å². The third kappa shape index (κ3) is 3.31. The number of aryl methyl sites for hydroxylation is 1. The van der Waals surface area contributed by atoms with Crippen LogP contribution in [0.4, 0.5) is 11.4 Å². The number of hydrogen-bond acceptors (Lipinski definition) is 4. The second kappa shape index (κ2) is 6.99. The molecule has 2 N–H and O–H groups in total. The average Bonchev–Trinajstić information content (AvgIpc) is 2.98. The van der Waals surface area contributed by atoms with E-state index < -0.39 is 6.10 Å². The van der Waals surface area contributed by atoms with Gasteiger partial charge < -0.3 is 19.9 Å². The largest absolute Gasteiger partial charge is 0.479 e. The zero-order valence-corrected chi connectivity index (χ0v) is 16.0. The van der Waals surface area contributed by atoms with E-state index in [9.17, 15) is 9.59 Å². The van der Waals surface area contributed by atoms with Gasteiger partial charge in [0.15, 0.2) is 6.10 Å². The first-order valence-corrected chi connectivity index (χ1v) is 9.26. The Balaban J connectivity index is 1.48. The fraction of sp³-hybridized carbons (Fsp3) is 0.286. The third-order valence-corrected chi connectivity index (χ3v) is 4.93. The molecule has 0 saturated carbocycles. The van der Waals surface area contributed by atoms with E-state index >= 15 is 0 Å². The first-order valence-electron chi connectivity index (χ1n) is 9.26. The number of ether oxygens (including phenoxy) is 1. The van der Waals surface area contributed by atoms with Gasteiger partial charge in [0.05, 0.1) is 22.6 Å². The monoisotopic (exact) mass is 378 g/mol. The first kappa shape index (κ1) is 18.0. The van der Waals surface area contributed by atoms with Crippen LogP contribution in [0.2, 0.25) is 0 Å². The van der Waals surface area contributed by atoms with E-state index in [1.165, 1.54) is 0 Å². The van der Waals surface area contributed by atoms with Gasteiger partial charge >= 0.3 is 0 Å². The standard InChI is InChI=1S/C21H22N4O3/c1-12(11-25-14(3)22-16-6-4-5-7-18(16)25)20(26)23-15-8-9-19-17(10-15)24-21(27)13(2)28-19/h4-10,12-13H,11H2,1-3H3,(H,23,26)(H,24,27)/t12-,13-/m1/s1. The summed E-state index contributed by atoms with van der Waals surface area (Å²) in [7, 11) is 0. The van der Waals surface area contributed by atoms with Crippen LogP contribution in [-0.2, 0) is 16.1 Å². The highest BCUT2D eigenvalue weighted by atomic mass is 16.5. The van der Waals surface area contributed by atoms with Gasteiger partial charge in [0, 0.05) is 12.2 Å². The minimum atomic E-state index is -0.527. The molecular weight excluding hydrogens is 356 g/mol. The van der Waals surface area contributed by atoms with Gasteiger partial charge in [-0.25, -0.2) is 4.98 Å². The van der Waals surface area contributed by atoms with Gasteiger partial charge in [-0.3, -0.25) is 9.59 Å². The van der Waals surface area contributed by atoms with Crippen LogP contribution < -0.4 is 15.4 Å². The third-order valence-electron chi connectivity index (χ3n) is 4.93. The van der Waals surface area contributed by atoms with Crippen LogP contribution in [-0.4, -0.2) is 27.5 Å². The van der Waals surface area contributed by atoms with Gasteiger partial charge in [0.2, 0.25) is 5.91 Å². The Labute approximate surface area is 162 Å². The fourth-order valence-electron chi connectivity index (χ4n) is 3.34. The number of fused-ring (bicyclic) bond motifs is 2. The SMILES string of the molecule is Cc1nc2ccccc2n1C[C@@H](C)C(=O)Nc1ccc2c(c1)NC(=O)[C@@H](C)O2. The molecule has 1 aliphatic rings. The molecule has 1 aromatic heterocycles. The molecule has 0 spiro atoms. The second-order valence-electron chi connectivity index (χ2n) is 7.11. The van der Waals surface area contributed by atoms with Crippen molar-refractivity contribution in [2.24, 2.45) is 5.92 Å². The summed E-state index contributed by atoms with van der Waals surface area (Å²) in [5.74, 6) is 0.904. The van der Waals surface area contributed by atoms with E-state index in [-0.39, 0.29) is 17.7 Å². The van der Waals surface area contributed by atoms with Gasteiger partial charge in [-0.05, 0) is 44.2 Å². The molecular formula is C21H22N4O3. The molecule has 28 heavy (non-hydrogen) atoms. The smallest absolute Gasteiger partial charge is 0.265 e. The Kier molecular flexibility index (Phi) is 4.50. The van der Waals surface area contributed by atoms with Crippen molar-refractivity contribution >= 4 is 34.2 Å². The van der Waals surface area contributed by atoms with E-state index in [1.807, 2.05) is 38.1 Å². The normalized spacial score (nSPS) is 16.8. The van der Waals surface area contributed by atoms with Crippen LogP contribution in [0.3, 0.4) is 0 Å². The predicted octanol–water partition coefficient (Wildman–Crippen LogP) is 3.34. The highest BCUT2D eigenvalue weighted by molar-refractivity contribution is 5.99. The molecule has 2 aromatic carbocycles. The van der Waals surface area contributed by atoms with E-state index in [4.69, 9.17) is 4.74 Å². The maximum absolute atomic E-state index is 12.7. The van der Waals surface area contributed by atoms with Crippen molar-refractivity contribution < 1.29 is 14.3 Å². The van der Waals surface area contributed by atoms with Crippen molar-refractivity contribution in [3.63, 3.8) is 0 Å². The summed E-state index contributed by atoms with van der Waals surface area (Å²) in [5.41, 5.74) is 3.11. The molecule has 0 aliphatic carbocycles. The number of carbonyl (C=O) groups is 2. The minimum absolute atomic E-state index is 0.103. The summed E-state index contributed by atoms with van der Waals surface area (Å²) < 4.78 is 7.60. The van der Waals surface area contributed by atoms with Gasteiger partial charge in [0.25, 0.3) is 5.91 Å². The summed E-state index contributed by atoms with van der Waals surface area (Å²) in [6, 6.07) is 13.1. The minimum Gasteiger partial charge on any atom is -0.479 e. The number of rotatable bonds is 4. The maximum Gasteiger partial charge on any atom is 0.265 e. The summed E-state index contributed by atoms with van der Waals surface area (Å²) in [6.45, 7) is 6.05. The number of anilines is 2. The van der Waals surface area contributed by atoms with Crippen molar-refractivity contribution in [3.05, 3.63) is 48.3 Å². The number of imidazole rings is 1. The van der Waals surface area contributed by atoms with Crippen LogP contribution >= 0.6 is 0 Å². The van der Waals surface area contributed by atoms with Gasteiger partial charge in [-0.1, -0.05) is 19.1 Å². The van der Waals surface area contributed by atoms with Crippen LogP contribution in [0.15, 0.2) is 42.5 Å². The Morgan fingerprint density at radius 3 is 2.93 bits per heavy atom. The molecule has 0 fully saturated rings. The number of para-hydroxylation sites is 2. The van der Waals surface area contributed by atoms with Crippen LogP contribution in [0.25, 0.3) is 11.0 Å². The number of nitrogens with one attached hydrogen (secondary N) is 2. The molecule has 2 heterocycles. The Hall–Kier alpha value is -3.35. The lowest BCUT2D eigenvalue weighted by Gasteiger charge is -2.24. The maximum atomic E-state index is 12.7. The van der Waals surface area contributed by atoms with Gasteiger partial charge in [-0.15, -0.1) is 0 Å². The van der Waals surface area contributed by atoms with E-state index in [0.29, 0.717) is 23.7 Å². The summed E-state index contributed by atoms with van der Waals surface area (Å²) in [6.07, 6.45) is -0.527. The van der Waals surface area contributed by atoms with Crippen molar-refractivity contribution in [2.45, 2.75) is 33.4 Å². The number of benzene rings is 2. The van der Waals surface area contributed by atoms with E-state index in [0.717, 1.165) is 16.9 Å². The van der Waals surface area contributed by atoms with Crippen molar-refractivity contribution in [2.75, 3.05) is 10.6 Å². The summed E-state index contributed by atoms with van der Waals surface area (Å²) in [4.78, 5) is 29.0. The lowest BCUT2D eigenvalue weighted by molar-refractivity contribution is -0.122. The number of amides is 2. The lowest BCUT2D eigenvalue weighted by atomic mass is 10.1. The highest BCUT2D eigenvalue weighted by Gasteiger charge is 2.24. The van der Waals surface area contributed by atoms with Crippen molar-refractivity contribution in [3.8, 4) is 5.75 Å². The molecule has 4 rings (SSSR count). The number of nitrogens with zero attached hydrogens (tertiary/aromatic N) is 2. The zero-order chi connectivity index (χ0) is 19.8. The molecule has 0 bridgehead atoms.